The molecule has 3 rings (SSSR count). The molecule has 0 aliphatic rings. The lowest BCUT2D eigenvalue weighted by molar-refractivity contribution is -0.119. The summed E-state index contributed by atoms with van der Waals surface area (Å²) in [4.78, 5) is 37.0. The summed E-state index contributed by atoms with van der Waals surface area (Å²) in [5.41, 5.74) is 0.0937. The number of nitrogens with zero attached hydrogens (tertiary/aromatic N) is 3. The molecule has 0 atom stereocenters. The molecule has 0 aromatic carbocycles. The lowest BCUT2D eigenvalue weighted by Crippen LogP contribution is -2.30. The molecule has 0 aliphatic heterocycles. The summed E-state index contributed by atoms with van der Waals surface area (Å²) in [7, 11) is 0. The van der Waals surface area contributed by atoms with Crippen LogP contribution in [0, 0.1) is 5.92 Å². The van der Waals surface area contributed by atoms with E-state index in [0.717, 1.165) is 17.8 Å². The molecule has 1 N–H and O–H groups in total. The van der Waals surface area contributed by atoms with Crippen LogP contribution in [0.4, 0.5) is 5.13 Å². The van der Waals surface area contributed by atoms with Gasteiger partial charge in [0.2, 0.25) is 5.91 Å². The van der Waals surface area contributed by atoms with E-state index in [1.807, 2.05) is 0 Å². The maximum Gasteiger partial charge on any atom is 0.270 e. The lowest BCUT2D eigenvalue weighted by atomic mass is 10.1. The van der Waals surface area contributed by atoms with Crippen molar-refractivity contribution in [2.24, 2.45) is 5.92 Å². The summed E-state index contributed by atoms with van der Waals surface area (Å²) in [6, 6.07) is 3.58. The minimum atomic E-state index is -0.253. The van der Waals surface area contributed by atoms with Crippen LogP contribution in [0.25, 0.3) is 10.3 Å². The third-order valence-electron chi connectivity index (χ3n) is 3.55. The first-order chi connectivity index (χ1) is 11.5. The van der Waals surface area contributed by atoms with Crippen LogP contribution in [0.1, 0.15) is 32.4 Å². The monoisotopic (exact) mass is 346 g/mol. The molecule has 3 heterocycles. The van der Waals surface area contributed by atoms with E-state index in [9.17, 15) is 9.59 Å². The van der Waals surface area contributed by atoms with E-state index >= 15 is 0 Å². The number of amides is 1. The number of carbonyl (C=O) groups excluding carboxylic acids is 1. The second kappa shape index (κ2) is 6.96. The predicted molar refractivity (Wildman–Crippen MR) is 92.0 cm³/mol. The van der Waals surface area contributed by atoms with Gasteiger partial charge in [0, 0.05) is 6.42 Å². The molecule has 0 radical (unpaired) electrons. The van der Waals surface area contributed by atoms with E-state index in [1.165, 1.54) is 6.33 Å². The van der Waals surface area contributed by atoms with Crippen molar-refractivity contribution in [2.45, 2.75) is 33.2 Å². The topological polar surface area (TPSA) is 92.1 Å². The van der Waals surface area contributed by atoms with Gasteiger partial charge < -0.3 is 9.40 Å². The number of H-pyrrole nitrogens is 1. The van der Waals surface area contributed by atoms with Gasteiger partial charge in [-0.05, 0) is 24.5 Å². The number of thiazole rings is 1. The van der Waals surface area contributed by atoms with Crippen molar-refractivity contribution in [1.82, 2.24) is 15.0 Å². The summed E-state index contributed by atoms with van der Waals surface area (Å²) < 4.78 is 5.77. The van der Waals surface area contributed by atoms with Crippen molar-refractivity contribution < 1.29 is 9.21 Å². The van der Waals surface area contributed by atoms with Crippen molar-refractivity contribution >= 4 is 32.7 Å². The first kappa shape index (κ1) is 16.4. The number of hydrogen-bond donors (Lipinski definition) is 1. The van der Waals surface area contributed by atoms with Crippen molar-refractivity contribution in [2.75, 3.05) is 4.90 Å². The highest BCUT2D eigenvalue weighted by Gasteiger charge is 2.22. The fourth-order valence-electron chi connectivity index (χ4n) is 2.24. The molecule has 0 bridgehead atoms. The molecule has 3 aromatic rings. The highest BCUT2D eigenvalue weighted by molar-refractivity contribution is 7.22. The van der Waals surface area contributed by atoms with Gasteiger partial charge in [0.1, 0.15) is 10.5 Å². The molecular weight excluding hydrogens is 328 g/mol. The van der Waals surface area contributed by atoms with E-state index in [4.69, 9.17) is 4.42 Å². The molecule has 0 fully saturated rings. The number of anilines is 1. The zero-order valence-electron chi connectivity index (χ0n) is 13.5. The molecule has 0 unspecified atom stereocenters. The molecule has 3 aromatic heterocycles. The largest absolute Gasteiger partial charge is 0.467 e. The second-order valence-corrected chi connectivity index (χ2v) is 6.85. The van der Waals surface area contributed by atoms with Gasteiger partial charge in [-0.15, -0.1) is 0 Å². The normalized spacial score (nSPS) is 11.3. The first-order valence-electron chi connectivity index (χ1n) is 7.71. The van der Waals surface area contributed by atoms with Crippen LogP contribution in [-0.4, -0.2) is 20.9 Å². The standard InChI is InChI=1S/C16H18N4O3S/c1-10(2)5-6-12(21)20(8-11-4-3-7-23-11)16-19-14-13(24-16)15(22)18-9-17-14/h3-4,7,9-10H,5-6,8H2,1-2H3,(H,17,18,22). The molecule has 0 aliphatic carbocycles. The van der Waals surface area contributed by atoms with Crippen LogP contribution in [0.15, 0.2) is 33.9 Å². The lowest BCUT2D eigenvalue weighted by Gasteiger charge is -2.19. The average Bonchev–Trinajstić information content (AvgIpc) is 3.20. The third kappa shape index (κ3) is 3.53. The SMILES string of the molecule is CC(C)CCC(=O)N(Cc1ccco1)c1nc2nc[nH]c(=O)c2s1. The molecule has 126 valence electrons. The fourth-order valence-corrected chi connectivity index (χ4v) is 3.17. The molecular formula is C16H18N4O3S. The average molecular weight is 346 g/mol. The number of furan rings is 1. The molecule has 24 heavy (non-hydrogen) atoms. The highest BCUT2D eigenvalue weighted by atomic mass is 32.1. The van der Waals surface area contributed by atoms with Crippen LogP contribution in [-0.2, 0) is 11.3 Å². The molecule has 0 saturated heterocycles. The van der Waals surface area contributed by atoms with E-state index in [1.54, 1.807) is 23.3 Å². The van der Waals surface area contributed by atoms with Crippen molar-refractivity contribution in [1.29, 1.82) is 0 Å². The number of hydrogen-bond acceptors (Lipinski definition) is 6. The third-order valence-corrected chi connectivity index (χ3v) is 4.61. The van der Waals surface area contributed by atoms with Gasteiger partial charge in [0.25, 0.3) is 5.56 Å². The Morgan fingerprint density at radius 1 is 1.46 bits per heavy atom. The smallest absolute Gasteiger partial charge is 0.270 e. The van der Waals surface area contributed by atoms with Gasteiger partial charge in [-0.3, -0.25) is 14.5 Å². The molecule has 0 spiro atoms. The van der Waals surface area contributed by atoms with E-state index in [2.05, 4.69) is 28.8 Å². The number of carbonyl (C=O) groups is 1. The Morgan fingerprint density at radius 2 is 2.29 bits per heavy atom. The van der Waals surface area contributed by atoms with Crippen molar-refractivity contribution in [3.8, 4) is 0 Å². The van der Waals surface area contributed by atoms with Crippen LogP contribution >= 0.6 is 11.3 Å². The van der Waals surface area contributed by atoms with Gasteiger partial charge in [-0.1, -0.05) is 25.2 Å². The Morgan fingerprint density at radius 3 is 2.96 bits per heavy atom. The van der Waals surface area contributed by atoms with E-state index < -0.39 is 0 Å². The maximum atomic E-state index is 12.7. The van der Waals surface area contributed by atoms with Gasteiger partial charge in [0.05, 0.1) is 19.1 Å². The summed E-state index contributed by atoms with van der Waals surface area (Å²) in [6.07, 6.45) is 4.08. The van der Waals surface area contributed by atoms with E-state index in [0.29, 0.717) is 33.6 Å². The summed E-state index contributed by atoms with van der Waals surface area (Å²) in [6.45, 7) is 4.43. The second-order valence-electron chi connectivity index (χ2n) is 5.87. The van der Waals surface area contributed by atoms with Crippen molar-refractivity contribution in [3.63, 3.8) is 0 Å². The zero-order valence-corrected chi connectivity index (χ0v) is 14.3. The summed E-state index contributed by atoms with van der Waals surface area (Å²) >= 11 is 1.16. The molecule has 7 nitrogen and oxygen atoms in total. The predicted octanol–water partition coefficient (Wildman–Crippen LogP) is 2.94. The van der Waals surface area contributed by atoms with Crippen LogP contribution in [0.5, 0.6) is 0 Å². The number of fused-ring (bicyclic) bond motifs is 1. The van der Waals surface area contributed by atoms with Gasteiger partial charge in [-0.2, -0.15) is 4.98 Å². The number of aromatic amines is 1. The number of nitrogens with one attached hydrogen (secondary N) is 1. The Labute approximate surface area is 142 Å². The summed E-state index contributed by atoms with van der Waals surface area (Å²) in [5.74, 6) is 1.05. The maximum absolute atomic E-state index is 12.7. The van der Waals surface area contributed by atoms with Crippen LogP contribution in [0.3, 0.4) is 0 Å². The quantitative estimate of drug-likeness (QED) is 0.741. The Balaban J connectivity index is 1.94. The molecule has 0 saturated carbocycles. The Hall–Kier alpha value is -2.48. The molecule has 8 heteroatoms. The zero-order chi connectivity index (χ0) is 17.1. The van der Waals surface area contributed by atoms with E-state index in [-0.39, 0.29) is 18.0 Å². The first-order valence-corrected chi connectivity index (χ1v) is 8.53. The number of aromatic nitrogens is 3. The van der Waals surface area contributed by atoms with Crippen LogP contribution < -0.4 is 10.5 Å². The fraction of sp³-hybridized carbons (Fsp3) is 0.375. The number of rotatable bonds is 6. The Kier molecular flexibility index (Phi) is 4.75. The Bertz CT molecular complexity index is 882. The van der Waals surface area contributed by atoms with Gasteiger partial charge in [-0.25, -0.2) is 4.98 Å². The van der Waals surface area contributed by atoms with Gasteiger partial charge >= 0.3 is 0 Å². The van der Waals surface area contributed by atoms with Crippen molar-refractivity contribution in [3.05, 3.63) is 40.8 Å². The summed E-state index contributed by atoms with van der Waals surface area (Å²) in [5, 5.41) is 0.458. The van der Waals surface area contributed by atoms with Crippen LogP contribution in [0.2, 0.25) is 0 Å². The minimum Gasteiger partial charge on any atom is -0.467 e. The minimum absolute atomic E-state index is 0.0458. The molecule has 1 amide bonds. The van der Waals surface area contributed by atoms with Gasteiger partial charge in [0.15, 0.2) is 10.8 Å². The highest BCUT2D eigenvalue weighted by Crippen LogP contribution is 2.27.